The van der Waals surface area contributed by atoms with Crippen molar-refractivity contribution in [3.63, 3.8) is 0 Å². The lowest BCUT2D eigenvalue weighted by molar-refractivity contribution is -0.146. The number of carbonyl (C=O) groups is 1. The number of hydrogen-bond acceptors (Lipinski definition) is 4. The molecule has 5 nitrogen and oxygen atoms in total. The number of carbonyl (C=O) groups excluding carboxylic acids is 1. The molecule has 1 aromatic carbocycles. The molecule has 2 N–H and O–H groups in total. The van der Waals surface area contributed by atoms with Crippen molar-refractivity contribution < 1.29 is 9.53 Å². The normalized spacial score (nSPS) is 14.3. The molecule has 0 spiro atoms. The van der Waals surface area contributed by atoms with Crippen LogP contribution in [0.5, 0.6) is 0 Å². The zero-order valence-electron chi connectivity index (χ0n) is 11.5. The van der Waals surface area contributed by atoms with Crippen LogP contribution >= 0.6 is 0 Å². The quantitative estimate of drug-likeness (QED) is 0.852. The molecule has 102 valence electrons. The van der Waals surface area contributed by atoms with Gasteiger partial charge in [-0.1, -0.05) is 13.0 Å². The van der Waals surface area contributed by atoms with Gasteiger partial charge in [-0.15, -0.1) is 0 Å². The summed E-state index contributed by atoms with van der Waals surface area (Å²) in [4.78, 5) is 16.0. The molecule has 0 saturated heterocycles. The lowest BCUT2D eigenvalue weighted by Crippen LogP contribution is -2.28. The van der Waals surface area contributed by atoms with Crippen molar-refractivity contribution in [1.29, 1.82) is 0 Å². The highest BCUT2D eigenvalue weighted by Gasteiger charge is 2.26. The molecule has 1 heterocycles. The first kappa shape index (κ1) is 13.5. The fourth-order valence-electron chi connectivity index (χ4n) is 2.31. The van der Waals surface area contributed by atoms with Crippen molar-refractivity contribution in [2.24, 2.45) is 18.7 Å². The minimum Gasteiger partial charge on any atom is -0.469 e. The van der Waals surface area contributed by atoms with E-state index in [1.807, 2.05) is 36.7 Å². The van der Waals surface area contributed by atoms with Crippen molar-refractivity contribution in [1.82, 2.24) is 9.55 Å². The van der Waals surface area contributed by atoms with Crippen molar-refractivity contribution in [2.75, 3.05) is 7.11 Å². The van der Waals surface area contributed by atoms with Gasteiger partial charge >= 0.3 is 5.97 Å². The Morgan fingerprint density at radius 1 is 1.53 bits per heavy atom. The number of nitrogens with two attached hydrogens (primary N) is 1. The van der Waals surface area contributed by atoms with E-state index >= 15 is 0 Å². The maximum atomic E-state index is 11.7. The lowest BCUT2D eigenvalue weighted by Gasteiger charge is -2.20. The number of hydrogen-bond donors (Lipinski definition) is 1. The van der Waals surface area contributed by atoms with Crippen LogP contribution in [-0.2, 0) is 16.6 Å². The Labute approximate surface area is 112 Å². The molecular weight excluding hydrogens is 242 g/mol. The zero-order valence-corrected chi connectivity index (χ0v) is 11.5. The second-order valence-corrected chi connectivity index (χ2v) is 4.67. The van der Waals surface area contributed by atoms with Crippen LogP contribution in [-0.4, -0.2) is 22.6 Å². The second-order valence-electron chi connectivity index (χ2n) is 4.67. The van der Waals surface area contributed by atoms with E-state index in [0.29, 0.717) is 6.42 Å². The molecule has 2 atom stereocenters. The zero-order chi connectivity index (χ0) is 14.0. The topological polar surface area (TPSA) is 70.1 Å². The number of benzene rings is 1. The van der Waals surface area contributed by atoms with Crippen LogP contribution in [0.4, 0.5) is 0 Å². The largest absolute Gasteiger partial charge is 0.469 e. The SMILES string of the molecule is CCC(C(=O)OC)C(N)c1ccc2c(c1)ncn2C. The minimum atomic E-state index is -0.371. The predicted molar refractivity (Wildman–Crippen MR) is 73.4 cm³/mol. The average Bonchev–Trinajstić information content (AvgIpc) is 2.80. The van der Waals surface area contributed by atoms with Gasteiger partial charge in [0.1, 0.15) is 0 Å². The second kappa shape index (κ2) is 5.40. The van der Waals surface area contributed by atoms with Crippen LogP contribution in [0, 0.1) is 5.92 Å². The van der Waals surface area contributed by atoms with Gasteiger partial charge in [-0.05, 0) is 24.1 Å². The molecule has 0 saturated carbocycles. The fourth-order valence-corrected chi connectivity index (χ4v) is 2.31. The van der Waals surface area contributed by atoms with Crippen LogP contribution in [0.2, 0.25) is 0 Å². The Hall–Kier alpha value is -1.88. The first-order chi connectivity index (χ1) is 9.08. The van der Waals surface area contributed by atoms with E-state index < -0.39 is 0 Å². The Morgan fingerprint density at radius 3 is 2.89 bits per heavy atom. The summed E-state index contributed by atoms with van der Waals surface area (Å²) in [5, 5.41) is 0. The van der Waals surface area contributed by atoms with Gasteiger partial charge < -0.3 is 15.0 Å². The third-order valence-electron chi connectivity index (χ3n) is 3.51. The summed E-state index contributed by atoms with van der Waals surface area (Å²) >= 11 is 0. The standard InChI is InChI=1S/C14H19N3O2/c1-4-10(14(18)19-3)13(15)9-5-6-12-11(7-9)16-8-17(12)2/h5-8,10,13H,4,15H2,1-3H3. The molecule has 1 aromatic heterocycles. The first-order valence-electron chi connectivity index (χ1n) is 6.32. The summed E-state index contributed by atoms with van der Waals surface area (Å²) in [7, 11) is 3.33. The molecule has 0 fully saturated rings. The van der Waals surface area contributed by atoms with Crippen molar-refractivity contribution >= 4 is 17.0 Å². The first-order valence-corrected chi connectivity index (χ1v) is 6.32. The number of esters is 1. The average molecular weight is 261 g/mol. The van der Waals surface area contributed by atoms with Crippen molar-refractivity contribution in [2.45, 2.75) is 19.4 Å². The van der Waals surface area contributed by atoms with E-state index in [1.54, 1.807) is 6.33 Å². The van der Waals surface area contributed by atoms with Gasteiger partial charge in [-0.25, -0.2) is 4.98 Å². The van der Waals surface area contributed by atoms with Gasteiger partial charge in [0.15, 0.2) is 0 Å². The fraction of sp³-hybridized carbons (Fsp3) is 0.429. The highest BCUT2D eigenvalue weighted by Crippen LogP contribution is 2.26. The van der Waals surface area contributed by atoms with E-state index in [0.717, 1.165) is 16.6 Å². The van der Waals surface area contributed by atoms with Crippen molar-refractivity contribution in [3.8, 4) is 0 Å². The van der Waals surface area contributed by atoms with E-state index in [-0.39, 0.29) is 17.9 Å². The molecule has 0 aliphatic rings. The molecule has 2 unspecified atom stereocenters. The molecular formula is C14H19N3O2. The van der Waals surface area contributed by atoms with E-state index in [9.17, 15) is 4.79 Å². The Bertz CT molecular complexity index is 591. The molecule has 0 aliphatic heterocycles. The third kappa shape index (κ3) is 2.46. The van der Waals surface area contributed by atoms with Crippen LogP contribution in [0.25, 0.3) is 11.0 Å². The molecule has 5 heteroatoms. The van der Waals surface area contributed by atoms with Crippen molar-refractivity contribution in [3.05, 3.63) is 30.1 Å². The number of fused-ring (bicyclic) bond motifs is 1. The molecule has 0 aliphatic carbocycles. The summed E-state index contributed by atoms with van der Waals surface area (Å²) in [6.07, 6.45) is 2.41. The Morgan fingerprint density at radius 2 is 2.26 bits per heavy atom. The molecule has 19 heavy (non-hydrogen) atoms. The monoisotopic (exact) mass is 261 g/mol. The summed E-state index contributed by atoms with van der Waals surface area (Å²) < 4.78 is 6.75. The van der Waals surface area contributed by atoms with Gasteiger partial charge in [0.2, 0.25) is 0 Å². The van der Waals surface area contributed by atoms with Gasteiger partial charge in [-0.3, -0.25) is 4.79 Å². The molecule has 0 amide bonds. The number of imidazole rings is 1. The number of rotatable bonds is 4. The highest BCUT2D eigenvalue weighted by atomic mass is 16.5. The Balaban J connectivity index is 2.34. The third-order valence-corrected chi connectivity index (χ3v) is 3.51. The van der Waals surface area contributed by atoms with Gasteiger partial charge in [-0.2, -0.15) is 0 Å². The molecule has 2 rings (SSSR count). The number of aryl methyl sites for hydroxylation is 1. The summed E-state index contributed by atoms with van der Waals surface area (Å²) in [5.41, 5.74) is 9.02. The molecule has 0 radical (unpaired) electrons. The van der Waals surface area contributed by atoms with Crippen LogP contribution in [0.3, 0.4) is 0 Å². The summed E-state index contributed by atoms with van der Waals surface area (Å²) in [5.74, 6) is -0.595. The van der Waals surface area contributed by atoms with Gasteiger partial charge in [0.05, 0.1) is 30.4 Å². The maximum absolute atomic E-state index is 11.7. The lowest BCUT2D eigenvalue weighted by atomic mass is 9.91. The highest BCUT2D eigenvalue weighted by molar-refractivity contribution is 5.77. The molecule has 0 bridgehead atoms. The maximum Gasteiger partial charge on any atom is 0.310 e. The van der Waals surface area contributed by atoms with Crippen LogP contribution in [0.15, 0.2) is 24.5 Å². The van der Waals surface area contributed by atoms with Crippen LogP contribution < -0.4 is 5.73 Å². The smallest absolute Gasteiger partial charge is 0.310 e. The summed E-state index contributed by atoms with van der Waals surface area (Å²) in [6, 6.07) is 5.48. The van der Waals surface area contributed by atoms with E-state index in [2.05, 4.69) is 4.98 Å². The predicted octanol–water partition coefficient (Wildman–Crippen LogP) is 1.77. The van der Waals surface area contributed by atoms with Crippen LogP contribution in [0.1, 0.15) is 24.9 Å². The van der Waals surface area contributed by atoms with E-state index in [1.165, 1.54) is 7.11 Å². The number of aromatic nitrogens is 2. The number of methoxy groups -OCH3 is 1. The van der Waals surface area contributed by atoms with Gasteiger partial charge in [0, 0.05) is 13.1 Å². The minimum absolute atomic E-state index is 0.267. The summed E-state index contributed by atoms with van der Waals surface area (Å²) in [6.45, 7) is 1.93. The van der Waals surface area contributed by atoms with E-state index in [4.69, 9.17) is 10.5 Å². The van der Waals surface area contributed by atoms with Gasteiger partial charge in [0.25, 0.3) is 0 Å². The number of nitrogens with zero attached hydrogens (tertiary/aromatic N) is 2. The number of ether oxygens (including phenoxy) is 1. The Kier molecular flexibility index (Phi) is 3.85. The molecule has 2 aromatic rings.